The molecule has 1 N–H and O–H groups in total. The van der Waals surface area contributed by atoms with Gasteiger partial charge in [0.15, 0.2) is 0 Å². The van der Waals surface area contributed by atoms with E-state index < -0.39 is 10.0 Å². The molecule has 24 heavy (non-hydrogen) atoms. The molecule has 0 radical (unpaired) electrons. The predicted octanol–water partition coefficient (Wildman–Crippen LogP) is 3.10. The molecule has 2 aromatic carbocycles. The van der Waals surface area contributed by atoms with E-state index in [-0.39, 0.29) is 18.9 Å². The van der Waals surface area contributed by atoms with Gasteiger partial charge >= 0.3 is 0 Å². The zero-order valence-corrected chi connectivity index (χ0v) is 14.9. The molecule has 2 rings (SSSR count). The van der Waals surface area contributed by atoms with E-state index in [9.17, 15) is 13.2 Å². The lowest BCUT2D eigenvalue weighted by Gasteiger charge is -2.23. The number of carbonyl (C=O) groups excluding carboxylic acids is 1. The summed E-state index contributed by atoms with van der Waals surface area (Å²) in [5.74, 6) is -0.220. The number of carbonyl (C=O) groups is 1. The summed E-state index contributed by atoms with van der Waals surface area (Å²) in [4.78, 5) is 12.1. The number of anilines is 2. The van der Waals surface area contributed by atoms with Crippen molar-refractivity contribution in [3.8, 4) is 0 Å². The lowest BCUT2D eigenvalue weighted by atomic mass is 10.2. The van der Waals surface area contributed by atoms with E-state index >= 15 is 0 Å². The molecule has 6 heteroatoms. The van der Waals surface area contributed by atoms with Crippen molar-refractivity contribution in [2.24, 2.45) is 0 Å². The van der Waals surface area contributed by atoms with Crippen LogP contribution < -0.4 is 9.62 Å². The first-order valence-corrected chi connectivity index (χ1v) is 9.52. The number of hydrogen-bond acceptors (Lipinski definition) is 3. The first kappa shape index (κ1) is 18.0. The van der Waals surface area contributed by atoms with Crippen LogP contribution in [0.1, 0.15) is 17.5 Å². The summed E-state index contributed by atoms with van der Waals surface area (Å²) in [5, 5.41) is 2.80. The maximum Gasteiger partial charge on any atom is 0.232 e. The molecular formula is C18H22N2O3S. The molecule has 0 aliphatic heterocycles. The van der Waals surface area contributed by atoms with Crippen LogP contribution in [0.4, 0.5) is 11.4 Å². The summed E-state index contributed by atoms with van der Waals surface area (Å²) in [6.45, 7) is 3.89. The molecule has 0 saturated carbocycles. The summed E-state index contributed by atoms with van der Waals surface area (Å²) in [6, 6.07) is 14.7. The quantitative estimate of drug-likeness (QED) is 0.874. The average Bonchev–Trinajstić information content (AvgIpc) is 2.48. The SMILES string of the molecule is Cc1cccc(NC(=O)CCN(c2ccccc2C)S(C)(=O)=O)c1. The molecule has 2 aromatic rings. The van der Waals surface area contributed by atoms with Crippen molar-refractivity contribution >= 4 is 27.3 Å². The molecule has 0 bridgehead atoms. The molecule has 1 amide bonds. The van der Waals surface area contributed by atoms with Gasteiger partial charge in [-0.3, -0.25) is 9.10 Å². The van der Waals surface area contributed by atoms with Crippen molar-refractivity contribution in [3.05, 3.63) is 59.7 Å². The van der Waals surface area contributed by atoms with Crippen LogP contribution in [0.15, 0.2) is 48.5 Å². The third kappa shape index (κ3) is 4.83. The van der Waals surface area contributed by atoms with Gasteiger partial charge < -0.3 is 5.32 Å². The van der Waals surface area contributed by atoms with Crippen LogP contribution in [0.2, 0.25) is 0 Å². The van der Waals surface area contributed by atoms with Crippen LogP contribution in [0.5, 0.6) is 0 Å². The van der Waals surface area contributed by atoms with Gasteiger partial charge in [-0.25, -0.2) is 8.42 Å². The van der Waals surface area contributed by atoms with Crippen molar-refractivity contribution in [2.45, 2.75) is 20.3 Å². The fraction of sp³-hybridized carbons (Fsp3) is 0.278. The molecule has 0 unspecified atom stereocenters. The van der Waals surface area contributed by atoms with Gasteiger partial charge in [-0.2, -0.15) is 0 Å². The zero-order chi connectivity index (χ0) is 17.7. The van der Waals surface area contributed by atoms with E-state index in [1.54, 1.807) is 18.2 Å². The van der Waals surface area contributed by atoms with Gasteiger partial charge in [-0.15, -0.1) is 0 Å². The second-order valence-electron chi connectivity index (χ2n) is 5.79. The minimum absolute atomic E-state index is 0.0787. The number of para-hydroxylation sites is 1. The van der Waals surface area contributed by atoms with E-state index in [1.807, 2.05) is 44.2 Å². The fourth-order valence-electron chi connectivity index (χ4n) is 2.46. The molecule has 5 nitrogen and oxygen atoms in total. The Morgan fingerprint density at radius 3 is 2.42 bits per heavy atom. The number of rotatable bonds is 6. The molecule has 0 fully saturated rings. The number of amides is 1. The van der Waals surface area contributed by atoms with Gasteiger partial charge in [0.05, 0.1) is 11.9 Å². The third-order valence-corrected chi connectivity index (χ3v) is 4.81. The van der Waals surface area contributed by atoms with Crippen LogP contribution in [0.3, 0.4) is 0 Å². The predicted molar refractivity (Wildman–Crippen MR) is 97.8 cm³/mol. The monoisotopic (exact) mass is 346 g/mol. The van der Waals surface area contributed by atoms with Crippen molar-refractivity contribution in [3.63, 3.8) is 0 Å². The van der Waals surface area contributed by atoms with Crippen molar-refractivity contribution in [1.29, 1.82) is 0 Å². The Hall–Kier alpha value is -2.34. The van der Waals surface area contributed by atoms with Crippen LogP contribution in [-0.2, 0) is 14.8 Å². The van der Waals surface area contributed by atoms with Gasteiger partial charge in [0.1, 0.15) is 0 Å². The van der Waals surface area contributed by atoms with Gasteiger partial charge in [0.2, 0.25) is 15.9 Å². The minimum Gasteiger partial charge on any atom is -0.326 e. The zero-order valence-electron chi connectivity index (χ0n) is 14.1. The first-order chi connectivity index (χ1) is 11.3. The van der Waals surface area contributed by atoms with Crippen molar-refractivity contribution in [2.75, 3.05) is 22.4 Å². The molecule has 0 aliphatic carbocycles. The van der Waals surface area contributed by atoms with Crippen LogP contribution in [-0.4, -0.2) is 27.1 Å². The number of nitrogens with one attached hydrogen (secondary N) is 1. The fourth-order valence-corrected chi connectivity index (χ4v) is 3.44. The largest absolute Gasteiger partial charge is 0.326 e. The summed E-state index contributed by atoms with van der Waals surface area (Å²) in [7, 11) is -3.46. The normalized spacial score (nSPS) is 11.1. The van der Waals surface area contributed by atoms with Gasteiger partial charge in [0.25, 0.3) is 0 Å². The maximum atomic E-state index is 12.1. The standard InChI is InChI=1S/C18H22N2O3S/c1-14-7-6-9-16(13-14)19-18(21)11-12-20(24(3,22)23)17-10-5-4-8-15(17)2/h4-10,13H,11-12H2,1-3H3,(H,19,21). The highest BCUT2D eigenvalue weighted by Gasteiger charge is 2.20. The average molecular weight is 346 g/mol. The lowest BCUT2D eigenvalue weighted by Crippen LogP contribution is -2.33. The van der Waals surface area contributed by atoms with Crippen molar-refractivity contribution in [1.82, 2.24) is 0 Å². The Morgan fingerprint density at radius 2 is 1.79 bits per heavy atom. The summed E-state index contributed by atoms with van der Waals surface area (Å²) >= 11 is 0. The van der Waals surface area contributed by atoms with E-state index in [0.717, 1.165) is 17.4 Å². The van der Waals surface area contributed by atoms with E-state index in [0.29, 0.717) is 11.4 Å². The van der Waals surface area contributed by atoms with Gasteiger partial charge in [-0.1, -0.05) is 30.3 Å². The maximum absolute atomic E-state index is 12.1. The number of hydrogen-bond donors (Lipinski definition) is 1. The van der Waals surface area contributed by atoms with Crippen LogP contribution in [0.25, 0.3) is 0 Å². The minimum atomic E-state index is -3.46. The first-order valence-electron chi connectivity index (χ1n) is 7.67. The molecule has 0 heterocycles. The van der Waals surface area contributed by atoms with E-state index in [2.05, 4.69) is 5.32 Å². The van der Waals surface area contributed by atoms with Crippen LogP contribution in [0, 0.1) is 13.8 Å². The smallest absolute Gasteiger partial charge is 0.232 e. The summed E-state index contributed by atoms with van der Waals surface area (Å²) < 4.78 is 25.5. The molecule has 0 aliphatic rings. The Bertz CT molecular complexity index is 832. The number of aryl methyl sites for hydroxylation is 2. The Morgan fingerprint density at radius 1 is 1.08 bits per heavy atom. The highest BCUT2D eigenvalue weighted by molar-refractivity contribution is 7.92. The number of benzene rings is 2. The molecule has 128 valence electrons. The number of sulfonamides is 1. The number of nitrogens with zero attached hydrogens (tertiary/aromatic N) is 1. The van der Waals surface area contributed by atoms with E-state index in [1.165, 1.54) is 4.31 Å². The summed E-state index contributed by atoms with van der Waals surface area (Å²) in [6.07, 6.45) is 1.23. The molecule has 0 saturated heterocycles. The Kier molecular flexibility index (Phi) is 5.62. The molecule has 0 aromatic heterocycles. The molecule has 0 atom stereocenters. The topological polar surface area (TPSA) is 66.5 Å². The highest BCUT2D eigenvalue weighted by Crippen LogP contribution is 2.22. The Labute approximate surface area is 143 Å². The summed E-state index contributed by atoms with van der Waals surface area (Å²) in [5.41, 5.74) is 3.21. The van der Waals surface area contributed by atoms with Gasteiger partial charge in [-0.05, 0) is 43.2 Å². The van der Waals surface area contributed by atoms with E-state index in [4.69, 9.17) is 0 Å². The second-order valence-corrected chi connectivity index (χ2v) is 7.70. The Balaban J connectivity index is 2.09. The molecular weight excluding hydrogens is 324 g/mol. The van der Waals surface area contributed by atoms with Gasteiger partial charge in [0, 0.05) is 18.7 Å². The van der Waals surface area contributed by atoms with Crippen LogP contribution >= 0.6 is 0 Å². The second kappa shape index (κ2) is 7.49. The molecule has 0 spiro atoms. The lowest BCUT2D eigenvalue weighted by molar-refractivity contribution is -0.116. The van der Waals surface area contributed by atoms with Crippen molar-refractivity contribution < 1.29 is 13.2 Å². The highest BCUT2D eigenvalue weighted by atomic mass is 32.2. The third-order valence-electron chi connectivity index (χ3n) is 3.63.